The van der Waals surface area contributed by atoms with Crippen molar-refractivity contribution in [2.75, 3.05) is 12.7 Å². The number of aliphatic imine (C=N–C) groups is 1. The van der Waals surface area contributed by atoms with Crippen LogP contribution >= 0.6 is 17.2 Å². The summed E-state index contributed by atoms with van der Waals surface area (Å²) in [5.74, 6) is -0.555. The summed E-state index contributed by atoms with van der Waals surface area (Å²) in [7, 11) is 2.60. The van der Waals surface area contributed by atoms with Crippen molar-refractivity contribution in [2.45, 2.75) is 38.2 Å². The van der Waals surface area contributed by atoms with E-state index in [1.54, 1.807) is 6.21 Å². The van der Waals surface area contributed by atoms with E-state index in [-0.39, 0.29) is 20.9 Å². The zero-order chi connectivity index (χ0) is 13.3. The Morgan fingerprint density at radius 1 is 1.65 bits per heavy atom. The van der Waals surface area contributed by atoms with E-state index in [9.17, 15) is 13.6 Å². The Bertz CT molecular complexity index is 265. The second kappa shape index (κ2) is 9.02. The Morgan fingerprint density at radius 2 is 2.29 bits per heavy atom. The number of rotatable bonds is 9. The highest BCUT2D eigenvalue weighted by molar-refractivity contribution is 8.03. The molecule has 0 fully saturated rings. The molecule has 0 aliphatic heterocycles. The highest BCUT2D eigenvalue weighted by Crippen LogP contribution is 2.27. The molecule has 0 aliphatic carbocycles. The molecule has 17 heavy (non-hydrogen) atoms. The van der Waals surface area contributed by atoms with Gasteiger partial charge in [0.05, 0.1) is 0 Å². The predicted octanol–water partition coefficient (Wildman–Crippen LogP) is 2.25. The molecule has 3 nitrogen and oxygen atoms in total. The first kappa shape index (κ1) is 17.0. The van der Waals surface area contributed by atoms with Crippen LogP contribution in [0.25, 0.3) is 0 Å². The van der Waals surface area contributed by atoms with E-state index in [4.69, 9.17) is 5.73 Å². The summed E-state index contributed by atoms with van der Waals surface area (Å²) >= 11 is 0. The molecule has 0 amide bonds. The highest BCUT2D eigenvalue weighted by atomic mass is 32.0. The Balaban J connectivity index is 4.31. The maximum absolute atomic E-state index is 12.8. The average Bonchev–Trinajstić information content (AvgIpc) is 2.28. The molecule has 0 aromatic rings. The first-order valence-electron chi connectivity index (χ1n) is 5.51. The SMILES string of the molecule is CC/C=N/CCCC(N)(C(=O)CPP)C(F)F. The van der Waals surface area contributed by atoms with Gasteiger partial charge >= 0.3 is 0 Å². The smallest absolute Gasteiger partial charge is 0.263 e. The van der Waals surface area contributed by atoms with Crippen molar-refractivity contribution in [2.24, 2.45) is 10.7 Å². The van der Waals surface area contributed by atoms with Crippen LogP contribution in [0.5, 0.6) is 0 Å². The third-order valence-corrected chi connectivity index (χ3v) is 3.50. The summed E-state index contributed by atoms with van der Waals surface area (Å²) in [4.78, 5) is 15.6. The van der Waals surface area contributed by atoms with Gasteiger partial charge in [-0.2, -0.15) is 0 Å². The maximum atomic E-state index is 12.8. The fourth-order valence-electron chi connectivity index (χ4n) is 1.31. The number of nitrogens with zero attached hydrogens (tertiary/aromatic N) is 1. The summed E-state index contributed by atoms with van der Waals surface area (Å²) in [5.41, 5.74) is 3.53. The number of alkyl halides is 2. The normalized spacial score (nSPS) is 16.1. The number of Topliss-reactive ketones (excluding diaryl/α,β-unsaturated/α-hetero) is 1. The molecule has 0 heterocycles. The van der Waals surface area contributed by atoms with Crippen molar-refractivity contribution in [3.63, 3.8) is 0 Å². The second-order valence-corrected chi connectivity index (χ2v) is 5.73. The van der Waals surface area contributed by atoms with E-state index >= 15 is 0 Å². The topological polar surface area (TPSA) is 55.4 Å². The molecule has 100 valence electrons. The molecule has 0 aliphatic rings. The van der Waals surface area contributed by atoms with Crippen LogP contribution in [0.3, 0.4) is 0 Å². The minimum absolute atomic E-state index is 0.0142. The third-order valence-electron chi connectivity index (χ3n) is 2.36. The maximum Gasteiger partial charge on any atom is 0.263 e. The van der Waals surface area contributed by atoms with Gasteiger partial charge in [0, 0.05) is 12.7 Å². The second-order valence-electron chi connectivity index (χ2n) is 3.75. The number of ketones is 1. The summed E-state index contributed by atoms with van der Waals surface area (Å²) in [6.45, 7) is 2.38. The van der Waals surface area contributed by atoms with E-state index in [0.29, 0.717) is 13.0 Å². The van der Waals surface area contributed by atoms with E-state index in [0.717, 1.165) is 6.42 Å². The highest BCUT2D eigenvalue weighted by Gasteiger charge is 2.41. The van der Waals surface area contributed by atoms with Crippen LogP contribution in [0.15, 0.2) is 4.99 Å². The summed E-state index contributed by atoms with van der Waals surface area (Å²) in [6, 6.07) is 0. The van der Waals surface area contributed by atoms with Crippen LogP contribution < -0.4 is 5.73 Å². The first-order valence-corrected chi connectivity index (χ1v) is 8.52. The molecule has 0 aromatic carbocycles. The van der Waals surface area contributed by atoms with Crippen LogP contribution in [0.2, 0.25) is 0 Å². The zero-order valence-electron chi connectivity index (χ0n) is 9.96. The quantitative estimate of drug-likeness (QED) is 0.401. The number of nitrogens with two attached hydrogens (primary N) is 1. The number of hydrogen-bond donors (Lipinski definition) is 1. The molecule has 0 saturated heterocycles. The lowest BCUT2D eigenvalue weighted by Gasteiger charge is -2.26. The molecular weight excluding hydrogens is 264 g/mol. The predicted molar refractivity (Wildman–Crippen MR) is 73.7 cm³/mol. The molecule has 0 spiro atoms. The molecule has 0 rings (SSSR count). The molecule has 0 saturated carbocycles. The van der Waals surface area contributed by atoms with E-state index in [1.165, 1.54) is 0 Å². The molecule has 3 unspecified atom stereocenters. The molecule has 7 heteroatoms. The van der Waals surface area contributed by atoms with Crippen molar-refractivity contribution in [3.05, 3.63) is 0 Å². The number of hydrogen-bond acceptors (Lipinski definition) is 3. The fraction of sp³-hybridized carbons (Fsp3) is 0.800. The van der Waals surface area contributed by atoms with Crippen LogP contribution in [-0.2, 0) is 4.79 Å². The molecule has 0 aromatic heterocycles. The number of carbonyl (C=O) groups excluding carboxylic acids is 1. The summed E-state index contributed by atoms with van der Waals surface area (Å²) in [6.07, 6.45) is 0.223. The van der Waals surface area contributed by atoms with Crippen molar-refractivity contribution in [1.82, 2.24) is 0 Å². The van der Waals surface area contributed by atoms with Crippen molar-refractivity contribution < 1.29 is 13.6 Å². The Kier molecular flexibility index (Phi) is 9.03. The average molecular weight is 284 g/mol. The minimum atomic E-state index is -2.81. The molecule has 2 N–H and O–H groups in total. The van der Waals surface area contributed by atoms with Crippen LogP contribution in [0, 0.1) is 0 Å². The fourth-order valence-corrected chi connectivity index (χ4v) is 2.38. The van der Waals surface area contributed by atoms with Crippen molar-refractivity contribution in [3.8, 4) is 0 Å². The third kappa shape index (κ3) is 5.94. The molecule has 0 bridgehead atoms. The first-order chi connectivity index (χ1) is 7.99. The van der Waals surface area contributed by atoms with E-state index < -0.39 is 17.7 Å². The van der Waals surface area contributed by atoms with E-state index in [1.807, 2.05) is 6.92 Å². The van der Waals surface area contributed by atoms with Gasteiger partial charge in [0.15, 0.2) is 5.78 Å². The van der Waals surface area contributed by atoms with Gasteiger partial charge in [0.2, 0.25) is 0 Å². The monoisotopic (exact) mass is 284 g/mol. The van der Waals surface area contributed by atoms with E-state index in [2.05, 4.69) is 13.9 Å². The van der Waals surface area contributed by atoms with Gasteiger partial charge in [0.1, 0.15) is 5.54 Å². The van der Waals surface area contributed by atoms with Gasteiger partial charge in [-0.05, 0) is 25.5 Å². The zero-order valence-corrected chi connectivity index (χ0v) is 12.1. The lowest BCUT2D eigenvalue weighted by Crippen LogP contribution is -2.55. The molecule has 3 atom stereocenters. The summed E-state index contributed by atoms with van der Waals surface area (Å²) in [5, 5.41) is 0. The summed E-state index contributed by atoms with van der Waals surface area (Å²) < 4.78 is 25.7. The van der Waals surface area contributed by atoms with Crippen LogP contribution in [0.1, 0.15) is 26.2 Å². The van der Waals surface area contributed by atoms with Gasteiger partial charge in [-0.1, -0.05) is 15.2 Å². The number of carbonyl (C=O) groups is 1. The minimum Gasteiger partial charge on any atom is -0.314 e. The largest absolute Gasteiger partial charge is 0.314 e. The Morgan fingerprint density at radius 3 is 2.76 bits per heavy atom. The lowest BCUT2D eigenvalue weighted by atomic mass is 9.91. The van der Waals surface area contributed by atoms with Gasteiger partial charge in [0.25, 0.3) is 6.43 Å². The number of halogens is 2. The van der Waals surface area contributed by atoms with Gasteiger partial charge in [-0.3, -0.25) is 9.79 Å². The van der Waals surface area contributed by atoms with Gasteiger partial charge in [-0.15, -0.1) is 8.93 Å². The van der Waals surface area contributed by atoms with Gasteiger partial charge in [-0.25, -0.2) is 8.78 Å². The van der Waals surface area contributed by atoms with Crippen molar-refractivity contribution in [1.29, 1.82) is 0 Å². The van der Waals surface area contributed by atoms with Gasteiger partial charge < -0.3 is 5.73 Å². The Hall–Kier alpha value is 0.0200. The molecular formula is C10H20F2N2OP2. The lowest BCUT2D eigenvalue weighted by molar-refractivity contribution is -0.127. The van der Waals surface area contributed by atoms with Crippen molar-refractivity contribution >= 4 is 29.2 Å². The Labute approximate surface area is 105 Å². The standard InChI is InChI=1S/C10H20F2N2OP2/c1-2-5-14-6-3-4-10(13,9(11)12)8(15)7-17-16/h5,9,17H,2-4,6-7,13,16H2,1H3/b14-5+. The van der Waals surface area contributed by atoms with Crippen LogP contribution in [-0.4, -0.2) is 36.7 Å². The van der Waals surface area contributed by atoms with Crippen LogP contribution in [0.4, 0.5) is 8.78 Å². The molecule has 0 radical (unpaired) electrons.